The number of aliphatic hydroxyl groups excluding tert-OH is 1. The molecule has 0 radical (unpaired) electrons. The van der Waals surface area contributed by atoms with Crippen molar-refractivity contribution in [2.45, 2.75) is 33.8 Å². The van der Waals surface area contributed by atoms with Crippen molar-refractivity contribution >= 4 is 6.09 Å². The van der Waals surface area contributed by atoms with Gasteiger partial charge < -0.3 is 19.5 Å². The summed E-state index contributed by atoms with van der Waals surface area (Å²) >= 11 is 0. The fraction of sp³-hybridized carbons (Fsp3) is 0.632. The molecule has 2 rings (SSSR count). The van der Waals surface area contributed by atoms with Crippen LogP contribution in [0.5, 0.6) is 5.75 Å². The maximum atomic E-state index is 11.7. The number of hydrogen-bond acceptors (Lipinski definition) is 5. The van der Waals surface area contributed by atoms with E-state index in [-0.39, 0.29) is 12.7 Å². The van der Waals surface area contributed by atoms with Crippen LogP contribution in [0.3, 0.4) is 0 Å². The van der Waals surface area contributed by atoms with Crippen LogP contribution in [-0.2, 0) is 4.74 Å². The SMILES string of the molecule is CCOC(=O)N1CCN(CC(O)COc2cc(C)cc(C)c2C)CC1. The van der Waals surface area contributed by atoms with Gasteiger partial charge in [-0.25, -0.2) is 4.79 Å². The number of piperazine rings is 1. The molecule has 1 aromatic carbocycles. The molecule has 1 aliphatic heterocycles. The van der Waals surface area contributed by atoms with Crippen molar-refractivity contribution in [3.63, 3.8) is 0 Å². The highest BCUT2D eigenvalue weighted by molar-refractivity contribution is 5.67. The Morgan fingerprint density at radius 1 is 1.20 bits per heavy atom. The van der Waals surface area contributed by atoms with Gasteiger partial charge in [-0.3, -0.25) is 4.90 Å². The number of carbonyl (C=O) groups excluding carboxylic acids is 1. The normalized spacial score (nSPS) is 16.6. The number of amides is 1. The zero-order valence-electron chi connectivity index (χ0n) is 15.7. The second-order valence-corrected chi connectivity index (χ2v) is 6.66. The minimum Gasteiger partial charge on any atom is -0.491 e. The summed E-state index contributed by atoms with van der Waals surface area (Å²) in [7, 11) is 0. The fourth-order valence-corrected chi connectivity index (χ4v) is 3.02. The Morgan fingerprint density at radius 2 is 1.88 bits per heavy atom. The summed E-state index contributed by atoms with van der Waals surface area (Å²) in [4.78, 5) is 15.5. The van der Waals surface area contributed by atoms with E-state index in [1.54, 1.807) is 4.90 Å². The van der Waals surface area contributed by atoms with Crippen molar-refractivity contribution in [1.82, 2.24) is 9.80 Å². The predicted octanol–water partition coefficient (Wildman–Crippen LogP) is 2.13. The third-order valence-corrected chi connectivity index (χ3v) is 4.56. The lowest BCUT2D eigenvalue weighted by molar-refractivity contribution is 0.0406. The van der Waals surface area contributed by atoms with Crippen LogP contribution in [-0.4, -0.2) is 73.0 Å². The molecule has 25 heavy (non-hydrogen) atoms. The number of aliphatic hydroxyl groups is 1. The van der Waals surface area contributed by atoms with Crippen molar-refractivity contribution in [1.29, 1.82) is 0 Å². The van der Waals surface area contributed by atoms with Crippen LogP contribution in [0.4, 0.5) is 4.79 Å². The van der Waals surface area contributed by atoms with Gasteiger partial charge in [0.15, 0.2) is 0 Å². The number of hydrogen-bond donors (Lipinski definition) is 1. The first-order chi connectivity index (χ1) is 11.9. The highest BCUT2D eigenvalue weighted by atomic mass is 16.6. The quantitative estimate of drug-likeness (QED) is 0.852. The molecule has 1 amide bonds. The number of benzene rings is 1. The number of carbonyl (C=O) groups is 1. The van der Waals surface area contributed by atoms with Crippen LogP contribution in [0.1, 0.15) is 23.6 Å². The lowest BCUT2D eigenvalue weighted by atomic mass is 10.1. The average Bonchev–Trinajstić information content (AvgIpc) is 2.57. The summed E-state index contributed by atoms with van der Waals surface area (Å²) < 4.78 is 10.8. The van der Waals surface area contributed by atoms with E-state index in [0.29, 0.717) is 26.2 Å². The number of ether oxygens (including phenoxy) is 2. The number of nitrogens with zero attached hydrogens (tertiary/aromatic N) is 2. The third-order valence-electron chi connectivity index (χ3n) is 4.56. The van der Waals surface area contributed by atoms with Crippen molar-refractivity contribution < 1.29 is 19.4 Å². The summed E-state index contributed by atoms with van der Waals surface area (Å²) in [6.07, 6.45) is -0.814. The minimum atomic E-state index is -0.561. The molecule has 6 nitrogen and oxygen atoms in total. The van der Waals surface area contributed by atoms with Gasteiger partial charge in [0.25, 0.3) is 0 Å². The van der Waals surface area contributed by atoms with Crippen LogP contribution in [0, 0.1) is 20.8 Å². The average molecular weight is 350 g/mol. The van der Waals surface area contributed by atoms with Gasteiger partial charge in [0.2, 0.25) is 0 Å². The van der Waals surface area contributed by atoms with Gasteiger partial charge in [-0.05, 0) is 50.5 Å². The summed E-state index contributed by atoms with van der Waals surface area (Å²) in [6, 6.07) is 4.13. The molecule has 0 saturated carbocycles. The molecule has 0 aromatic heterocycles. The first-order valence-electron chi connectivity index (χ1n) is 8.93. The van der Waals surface area contributed by atoms with E-state index < -0.39 is 6.10 Å². The summed E-state index contributed by atoms with van der Waals surface area (Å²) in [6.45, 7) is 11.9. The molecule has 1 atom stereocenters. The maximum Gasteiger partial charge on any atom is 0.409 e. The zero-order valence-corrected chi connectivity index (χ0v) is 15.7. The van der Waals surface area contributed by atoms with E-state index in [9.17, 15) is 9.90 Å². The zero-order chi connectivity index (χ0) is 18.4. The van der Waals surface area contributed by atoms with E-state index >= 15 is 0 Å². The van der Waals surface area contributed by atoms with Crippen molar-refractivity contribution in [3.05, 3.63) is 28.8 Å². The second-order valence-electron chi connectivity index (χ2n) is 6.66. The second kappa shape index (κ2) is 9.06. The Morgan fingerprint density at radius 3 is 2.52 bits per heavy atom. The van der Waals surface area contributed by atoms with Gasteiger partial charge in [-0.2, -0.15) is 0 Å². The molecule has 140 valence electrons. The molecule has 1 N–H and O–H groups in total. The largest absolute Gasteiger partial charge is 0.491 e. The van der Waals surface area contributed by atoms with E-state index in [0.717, 1.165) is 30.0 Å². The van der Waals surface area contributed by atoms with Gasteiger partial charge in [-0.1, -0.05) is 6.07 Å². The van der Waals surface area contributed by atoms with Crippen LogP contribution >= 0.6 is 0 Å². The molecule has 0 aliphatic carbocycles. The molecule has 1 aromatic rings. The molecule has 6 heteroatoms. The smallest absolute Gasteiger partial charge is 0.409 e. The first-order valence-corrected chi connectivity index (χ1v) is 8.93. The van der Waals surface area contributed by atoms with Gasteiger partial charge >= 0.3 is 6.09 Å². The van der Waals surface area contributed by atoms with Crippen LogP contribution in [0.2, 0.25) is 0 Å². The van der Waals surface area contributed by atoms with Crippen molar-refractivity contribution in [2.24, 2.45) is 0 Å². The molecule has 1 heterocycles. The summed E-state index contributed by atoms with van der Waals surface area (Å²) in [5.41, 5.74) is 3.46. The van der Waals surface area contributed by atoms with Gasteiger partial charge in [0.1, 0.15) is 18.5 Å². The van der Waals surface area contributed by atoms with Crippen LogP contribution < -0.4 is 4.74 Å². The van der Waals surface area contributed by atoms with E-state index in [1.165, 1.54) is 5.56 Å². The van der Waals surface area contributed by atoms with E-state index in [4.69, 9.17) is 9.47 Å². The Kier molecular flexibility index (Phi) is 7.08. The van der Waals surface area contributed by atoms with Gasteiger partial charge in [0.05, 0.1) is 6.61 Å². The highest BCUT2D eigenvalue weighted by Gasteiger charge is 2.23. The fourth-order valence-electron chi connectivity index (χ4n) is 3.02. The van der Waals surface area contributed by atoms with Crippen molar-refractivity contribution in [2.75, 3.05) is 45.9 Å². The Balaban J connectivity index is 1.76. The molecule has 1 fully saturated rings. The predicted molar refractivity (Wildman–Crippen MR) is 97.2 cm³/mol. The Bertz CT molecular complexity index is 583. The molecule has 1 aliphatic rings. The summed E-state index contributed by atoms with van der Waals surface area (Å²) in [5, 5.41) is 10.3. The van der Waals surface area contributed by atoms with Gasteiger partial charge in [0, 0.05) is 32.7 Å². The molecule has 0 spiro atoms. The minimum absolute atomic E-state index is 0.253. The lowest BCUT2D eigenvalue weighted by Gasteiger charge is -2.34. The number of β-amino-alcohol motifs (C(OH)–C–C–N with tert-alkyl or cyclic N) is 1. The molecule has 0 bridgehead atoms. The van der Waals surface area contributed by atoms with Crippen LogP contribution in [0.25, 0.3) is 0 Å². The first kappa shape index (κ1) is 19.5. The van der Waals surface area contributed by atoms with E-state index in [2.05, 4.69) is 17.9 Å². The maximum absolute atomic E-state index is 11.7. The number of aryl methyl sites for hydroxylation is 2. The number of rotatable bonds is 6. The van der Waals surface area contributed by atoms with E-state index in [1.807, 2.05) is 26.8 Å². The standard InChI is InChI=1S/C19H30N2O4/c1-5-24-19(23)21-8-6-20(7-9-21)12-17(22)13-25-18-11-14(2)10-15(3)16(18)4/h10-11,17,22H,5-9,12-13H2,1-4H3. The third kappa shape index (κ3) is 5.61. The monoisotopic (exact) mass is 350 g/mol. The molecule has 1 saturated heterocycles. The lowest BCUT2D eigenvalue weighted by Crippen LogP contribution is -2.51. The molecular formula is C19H30N2O4. The van der Waals surface area contributed by atoms with Crippen LogP contribution in [0.15, 0.2) is 12.1 Å². The molecular weight excluding hydrogens is 320 g/mol. The summed E-state index contributed by atoms with van der Waals surface area (Å²) in [5.74, 6) is 0.837. The topological polar surface area (TPSA) is 62.2 Å². The Labute approximate surface area is 150 Å². The van der Waals surface area contributed by atoms with Gasteiger partial charge in [-0.15, -0.1) is 0 Å². The Hall–Kier alpha value is -1.79. The highest BCUT2D eigenvalue weighted by Crippen LogP contribution is 2.23. The van der Waals surface area contributed by atoms with Crippen molar-refractivity contribution in [3.8, 4) is 5.75 Å². The molecule has 1 unspecified atom stereocenters.